The van der Waals surface area contributed by atoms with Gasteiger partial charge in [0.2, 0.25) is 17.6 Å². The molecule has 2 aromatic carbocycles. The van der Waals surface area contributed by atoms with Crippen LogP contribution < -0.4 is 20.7 Å². The van der Waals surface area contributed by atoms with Crippen molar-refractivity contribution in [1.82, 2.24) is 20.9 Å². The molecule has 13 nitrogen and oxygen atoms in total. The minimum absolute atomic E-state index is 0.0982. The van der Waals surface area contributed by atoms with Gasteiger partial charge in [-0.1, -0.05) is 70.5 Å². The number of carbonyl (C=O) groups is 5. The Bertz CT molecular complexity index is 1640. The van der Waals surface area contributed by atoms with Gasteiger partial charge in [-0.3, -0.25) is 24.0 Å². The van der Waals surface area contributed by atoms with Crippen LogP contribution in [-0.2, 0) is 45.2 Å². The molecule has 0 radical (unpaired) electrons. The number of halogens is 8. The first-order valence-corrected chi connectivity index (χ1v) is 18.6. The van der Waals surface area contributed by atoms with Crippen LogP contribution in [0.25, 0.3) is 0 Å². The number of aliphatic hydroxyl groups excluding tert-OH is 1. The molecular formula is C37H48ClF7N4O9S. The van der Waals surface area contributed by atoms with Gasteiger partial charge in [-0.05, 0) is 48.6 Å². The normalized spacial score (nSPS) is 13.8. The topological polar surface area (TPSA) is 188 Å². The van der Waals surface area contributed by atoms with Gasteiger partial charge in [0.05, 0.1) is 20.3 Å². The van der Waals surface area contributed by atoms with Crippen LogP contribution in [-0.4, -0.2) is 103 Å². The number of amides is 4. The molecule has 59 heavy (non-hydrogen) atoms. The van der Waals surface area contributed by atoms with E-state index in [0.29, 0.717) is 0 Å². The summed E-state index contributed by atoms with van der Waals surface area (Å²) in [7, 11) is 1.66. The van der Waals surface area contributed by atoms with Crippen LogP contribution in [0, 0.1) is 5.92 Å². The molecule has 1 fully saturated rings. The summed E-state index contributed by atoms with van der Waals surface area (Å²) in [5, 5.41) is 13.7. The highest BCUT2D eigenvalue weighted by Crippen LogP contribution is 2.30. The molecule has 1 aliphatic rings. The maximum absolute atomic E-state index is 14.6. The number of Topliss-reactive ketones (excluding diaryl/α,β-unsaturated/α-hetero) is 1. The molecule has 4 amide bonds. The molecule has 0 aromatic heterocycles. The van der Waals surface area contributed by atoms with E-state index in [1.54, 1.807) is 17.7 Å². The predicted molar refractivity (Wildman–Crippen MR) is 204 cm³/mol. The summed E-state index contributed by atoms with van der Waals surface area (Å²) < 4.78 is 98.2. The van der Waals surface area contributed by atoms with Crippen LogP contribution in [0.15, 0.2) is 48.5 Å². The Morgan fingerprint density at radius 1 is 0.949 bits per heavy atom. The van der Waals surface area contributed by atoms with Crippen LogP contribution in [0.3, 0.4) is 0 Å². The summed E-state index contributed by atoms with van der Waals surface area (Å²) in [6.07, 6.45) is -4.74. The number of likely N-dealkylation sites (tertiary alicyclic amines) is 1. The van der Waals surface area contributed by atoms with Gasteiger partial charge >= 0.3 is 24.2 Å². The van der Waals surface area contributed by atoms with Gasteiger partial charge < -0.3 is 30.7 Å². The van der Waals surface area contributed by atoms with E-state index in [1.165, 1.54) is 11.6 Å². The van der Waals surface area contributed by atoms with E-state index in [-0.39, 0.29) is 30.6 Å². The quantitative estimate of drug-likeness (QED) is 0.103. The largest absolute Gasteiger partial charge is 0.497 e. The van der Waals surface area contributed by atoms with Crippen molar-refractivity contribution in [1.29, 1.82) is 0 Å². The van der Waals surface area contributed by atoms with Crippen molar-refractivity contribution >= 4 is 59.8 Å². The maximum Gasteiger partial charge on any atom is 0.405 e. The van der Waals surface area contributed by atoms with Gasteiger partial charge in [-0.15, -0.1) is 0 Å². The first-order valence-electron chi connectivity index (χ1n) is 17.6. The lowest BCUT2D eigenvalue weighted by Crippen LogP contribution is -2.57. The van der Waals surface area contributed by atoms with Gasteiger partial charge in [0, 0.05) is 22.9 Å². The Balaban J connectivity index is 0. The smallest absolute Gasteiger partial charge is 0.405 e. The maximum atomic E-state index is 14.6. The number of methoxy groups -OCH3 is 1. The third-order valence-electron chi connectivity index (χ3n) is 6.95. The molecule has 1 unspecified atom stereocenters. The number of benzene rings is 2. The highest BCUT2D eigenvalue weighted by Gasteiger charge is 2.48. The average Bonchev–Trinajstić information content (AvgIpc) is 3.69. The lowest BCUT2D eigenvalue weighted by molar-refractivity contribution is -0.191. The van der Waals surface area contributed by atoms with E-state index in [1.807, 2.05) is 38.1 Å². The number of nitrogens with one attached hydrogen (secondary N) is 3. The molecule has 1 aliphatic heterocycles. The Morgan fingerprint density at radius 3 is 1.95 bits per heavy atom. The summed E-state index contributed by atoms with van der Waals surface area (Å²) in [5.41, 5.74) is 0.401. The van der Waals surface area contributed by atoms with Crippen LogP contribution in [0.5, 0.6) is 5.75 Å². The van der Waals surface area contributed by atoms with Crippen molar-refractivity contribution in [3.8, 4) is 5.75 Å². The second kappa shape index (κ2) is 27.9. The zero-order chi connectivity index (χ0) is 46.1. The van der Waals surface area contributed by atoms with E-state index in [0.717, 1.165) is 45.8 Å². The summed E-state index contributed by atoms with van der Waals surface area (Å²) in [5.74, 6) is -15.7. The molecule has 0 aliphatic carbocycles. The van der Waals surface area contributed by atoms with E-state index in [4.69, 9.17) is 25.9 Å². The molecule has 2 atom stereocenters. The number of ketones is 1. The van der Waals surface area contributed by atoms with Crippen LogP contribution >= 0.6 is 24.2 Å². The highest BCUT2D eigenvalue weighted by molar-refractivity contribution is 7.79. The standard InChI is InChI=1S/C22H22ClF7N4O6.C8H10OS.C4H10.C2H6.CO2/c23-12-4-1-3-11(7-12)21(27,28)19(40)33-13(9-35)17(38)34-6-2-5-14(34)16(37)31-8-15(36)22(29,30)18(39)32-10-20(24,25)26;1-9-8-4-2-7(6-10)3-5-8;1-4(2)3;1-2;2-1-3/h1,3-4,7,13-14,35H,2,5-6,8-10H2,(H,31,37)(H,32,39)(H,33,40);2-5,10H,6H2,1H3;4H,1-3H3;1-2H3;/t13-,14?;;;;/m0..../s1. The minimum Gasteiger partial charge on any atom is -0.497 e. The van der Waals surface area contributed by atoms with Crippen molar-refractivity contribution in [3.05, 3.63) is 64.7 Å². The van der Waals surface area contributed by atoms with Gasteiger partial charge in [-0.2, -0.15) is 53.0 Å². The third kappa shape index (κ3) is 20.7. The average molecular weight is 893 g/mol. The van der Waals surface area contributed by atoms with Gasteiger partial charge in [0.25, 0.3) is 11.8 Å². The fourth-order valence-electron chi connectivity index (χ4n) is 4.30. The van der Waals surface area contributed by atoms with Gasteiger partial charge in [0.15, 0.2) is 0 Å². The number of ether oxygens (including phenoxy) is 1. The summed E-state index contributed by atoms with van der Waals surface area (Å²) in [6, 6.07) is 8.61. The molecule has 332 valence electrons. The summed E-state index contributed by atoms with van der Waals surface area (Å²) >= 11 is 9.79. The lowest BCUT2D eigenvalue weighted by atomic mass is 10.1. The van der Waals surface area contributed by atoms with Crippen molar-refractivity contribution in [2.24, 2.45) is 5.92 Å². The number of carbonyl (C=O) groups excluding carboxylic acids is 7. The van der Waals surface area contributed by atoms with Crippen LogP contribution in [0.2, 0.25) is 5.02 Å². The predicted octanol–water partition coefficient (Wildman–Crippen LogP) is 5.13. The number of rotatable bonds is 13. The van der Waals surface area contributed by atoms with E-state index < -0.39 is 84.8 Å². The first kappa shape index (κ1) is 56.4. The first-order chi connectivity index (χ1) is 27.4. The van der Waals surface area contributed by atoms with Crippen LogP contribution in [0.1, 0.15) is 58.6 Å². The molecule has 1 heterocycles. The number of hydrogen-bond acceptors (Lipinski definition) is 10. The number of alkyl halides is 7. The van der Waals surface area contributed by atoms with Crippen LogP contribution in [0.4, 0.5) is 30.7 Å². The monoisotopic (exact) mass is 892 g/mol. The third-order valence-corrected chi connectivity index (χ3v) is 7.55. The number of aliphatic hydroxyl groups is 1. The molecule has 0 spiro atoms. The van der Waals surface area contributed by atoms with E-state index >= 15 is 0 Å². The summed E-state index contributed by atoms with van der Waals surface area (Å²) in [6.45, 7) is 5.51. The molecule has 22 heteroatoms. The second-order valence-electron chi connectivity index (χ2n) is 12.3. The van der Waals surface area contributed by atoms with Gasteiger partial charge in [0.1, 0.15) is 24.4 Å². The SMILES string of the molecule is CC.CC(C)C.COc1ccc(CS)cc1.O=C(NCC(=O)C(F)(F)C(=O)NCC(F)(F)F)C1CCCN1C(=O)[C@H](CO)NC(=O)C(F)(F)c1cccc(Cl)c1.O=C=O. The second-order valence-corrected chi connectivity index (χ2v) is 13.1. The van der Waals surface area contributed by atoms with E-state index in [9.17, 15) is 59.8 Å². The zero-order valence-electron chi connectivity index (χ0n) is 32.9. The Labute approximate surface area is 347 Å². The molecule has 3 rings (SSSR count). The van der Waals surface area contributed by atoms with Crippen molar-refractivity contribution in [3.63, 3.8) is 0 Å². The highest BCUT2D eigenvalue weighted by atomic mass is 35.5. The fourth-order valence-corrected chi connectivity index (χ4v) is 4.70. The number of hydrogen-bond donors (Lipinski definition) is 5. The molecule has 2 aromatic rings. The lowest BCUT2D eigenvalue weighted by Gasteiger charge is -2.29. The van der Waals surface area contributed by atoms with Crippen molar-refractivity contribution in [2.45, 2.75) is 83.3 Å². The van der Waals surface area contributed by atoms with Crippen molar-refractivity contribution < 1.29 is 74.1 Å². The number of thiol groups is 1. The Morgan fingerprint density at radius 2 is 1.49 bits per heavy atom. The zero-order valence-corrected chi connectivity index (χ0v) is 34.6. The minimum atomic E-state index is -5.03. The van der Waals surface area contributed by atoms with E-state index in [2.05, 4.69) is 33.4 Å². The molecule has 4 N–H and O–H groups in total. The number of nitrogens with zero attached hydrogens (tertiary/aromatic N) is 1. The fraction of sp³-hybridized carbons (Fsp3) is 0.514. The van der Waals surface area contributed by atoms with Crippen molar-refractivity contribution in [2.75, 3.05) is 33.4 Å². The Kier molecular flexibility index (Phi) is 26.6. The summed E-state index contributed by atoms with van der Waals surface area (Å²) in [4.78, 5) is 77.6. The van der Waals surface area contributed by atoms with Gasteiger partial charge in [-0.25, -0.2) is 0 Å². The molecule has 0 saturated carbocycles. The molecule has 0 bridgehead atoms. The Hall–Kier alpha value is -4.72. The molecular weight excluding hydrogens is 845 g/mol. The molecule has 1 saturated heterocycles.